The highest BCUT2D eigenvalue weighted by atomic mass is 32.2. The van der Waals surface area contributed by atoms with Gasteiger partial charge in [-0.3, -0.25) is 13.9 Å². The van der Waals surface area contributed by atoms with Gasteiger partial charge in [-0.05, 0) is 49.6 Å². The van der Waals surface area contributed by atoms with Crippen molar-refractivity contribution in [1.82, 2.24) is 10.2 Å². The van der Waals surface area contributed by atoms with Crippen LogP contribution in [0.3, 0.4) is 0 Å². The second-order valence-corrected chi connectivity index (χ2v) is 9.90. The minimum absolute atomic E-state index is 0.0630. The molecule has 180 valence electrons. The van der Waals surface area contributed by atoms with Gasteiger partial charge >= 0.3 is 0 Å². The van der Waals surface area contributed by atoms with E-state index < -0.39 is 34.3 Å². The van der Waals surface area contributed by atoms with Crippen LogP contribution in [-0.4, -0.2) is 50.0 Å². The topological polar surface area (TPSA) is 86.8 Å². The molecule has 0 heterocycles. The molecule has 1 N–H and O–H groups in total. The van der Waals surface area contributed by atoms with Crippen molar-refractivity contribution in [1.29, 1.82) is 0 Å². The van der Waals surface area contributed by atoms with Crippen molar-refractivity contribution in [3.8, 4) is 0 Å². The average Bonchev–Trinajstić information content (AvgIpc) is 2.77. The van der Waals surface area contributed by atoms with E-state index in [4.69, 9.17) is 0 Å². The van der Waals surface area contributed by atoms with Crippen LogP contribution >= 0.6 is 0 Å². The lowest BCUT2D eigenvalue weighted by molar-refractivity contribution is -0.140. The third-order valence-corrected chi connectivity index (χ3v) is 6.52. The van der Waals surface area contributed by atoms with Gasteiger partial charge in [0.05, 0.1) is 11.9 Å². The van der Waals surface area contributed by atoms with Crippen LogP contribution in [0.15, 0.2) is 54.6 Å². The second kappa shape index (κ2) is 11.8. The minimum atomic E-state index is -3.85. The van der Waals surface area contributed by atoms with E-state index in [0.29, 0.717) is 6.42 Å². The summed E-state index contributed by atoms with van der Waals surface area (Å²) in [6, 6.07) is 13.2. The zero-order chi connectivity index (χ0) is 24.6. The summed E-state index contributed by atoms with van der Waals surface area (Å²) in [6.07, 6.45) is 2.08. The Morgan fingerprint density at radius 1 is 1.00 bits per heavy atom. The number of carbonyl (C=O) groups is 2. The molecule has 0 aliphatic heterocycles. The molecule has 0 aliphatic rings. The summed E-state index contributed by atoms with van der Waals surface area (Å²) in [5.74, 6) is -1.33. The first-order valence-electron chi connectivity index (χ1n) is 10.9. The van der Waals surface area contributed by atoms with Crippen molar-refractivity contribution in [2.24, 2.45) is 0 Å². The molecule has 7 nitrogen and oxygen atoms in total. The summed E-state index contributed by atoms with van der Waals surface area (Å²) in [5.41, 5.74) is 0.984. The number of nitrogens with zero attached hydrogens (tertiary/aromatic N) is 2. The molecule has 2 rings (SSSR count). The maximum absolute atomic E-state index is 13.5. The summed E-state index contributed by atoms with van der Waals surface area (Å²) in [5, 5.41) is 2.92. The van der Waals surface area contributed by atoms with Gasteiger partial charge in [-0.1, -0.05) is 44.2 Å². The van der Waals surface area contributed by atoms with Crippen molar-refractivity contribution >= 4 is 27.5 Å². The molecule has 0 aromatic heterocycles. The van der Waals surface area contributed by atoms with Crippen LogP contribution in [0.25, 0.3) is 0 Å². The lowest BCUT2D eigenvalue weighted by atomic mass is 10.1. The molecule has 0 bridgehead atoms. The predicted octanol–water partition coefficient (Wildman–Crippen LogP) is 3.31. The molecule has 2 aromatic rings. The first-order chi connectivity index (χ1) is 15.6. The van der Waals surface area contributed by atoms with Crippen LogP contribution in [0.1, 0.15) is 39.2 Å². The molecule has 0 unspecified atom stereocenters. The number of halogens is 1. The SMILES string of the molecule is CC[C@@H](C)NC(=O)[C@H](CC)N(Cc1ccccc1)C(=O)CN(c1ccc(F)cc1)S(C)(=O)=O. The van der Waals surface area contributed by atoms with Crippen LogP contribution in [0.4, 0.5) is 10.1 Å². The van der Waals surface area contributed by atoms with E-state index in [2.05, 4.69) is 5.32 Å². The number of nitrogens with one attached hydrogen (secondary N) is 1. The number of rotatable bonds is 11. The van der Waals surface area contributed by atoms with Gasteiger partial charge in [-0.25, -0.2) is 12.8 Å². The molecule has 0 saturated heterocycles. The van der Waals surface area contributed by atoms with E-state index in [1.807, 2.05) is 44.2 Å². The molecule has 0 fully saturated rings. The Labute approximate surface area is 195 Å². The highest BCUT2D eigenvalue weighted by Gasteiger charge is 2.32. The molecule has 2 aromatic carbocycles. The molecule has 9 heteroatoms. The fourth-order valence-electron chi connectivity index (χ4n) is 3.36. The zero-order valence-corrected chi connectivity index (χ0v) is 20.3. The lowest BCUT2D eigenvalue weighted by Crippen LogP contribution is -2.53. The van der Waals surface area contributed by atoms with Gasteiger partial charge in [0.15, 0.2) is 0 Å². The third-order valence-electron chi connectivity index (χ3n) is 5.38. The summed E-state index contributed by atoms with van der Waals surface area (Å²) in [7, 11) is -3.85. The first kappa shape index (κ1) is 26.3. The van der Waals surface area contributed by atoms with Gasteiger partial charge in [-0.15, -0.1) is 0 Å². The molecular formula is C24H32FN3O4S. The molecule has 0 aliphatic carbocycles. The first-order valence-corrected chi connectivity index (χ1v) is 12.8. The van der Waals surface area contributed by atoms with Crippen molar-refractivity contribution in [3.63, 3.8) is 0 Å². The molecule has 2 amide bonds. The second-order valence-electron chi connectivity index (χ2n) is 8.00. The van der Waals surface area contributed by atoms with Gasteiger partial charge in [0.1, 0.15) is 18.4 Å². The van der Waals surface area contributed by atoms with Crippen molar-refractivity contribution in [2.45, 2.75) is 52.2 Å². The maximum atomic E-state index is 13.5. The minimum Gasteiger partial charge on any atom is -0.352 e. The molecule has 2 atom stereocenters. The fraction of sp³-hybridized carbons (Fsp3) is 0.417. The van der Waals surface area contributed by atoms with Crippen LogP contribution in [0.2, 0.25) is 0 Å². The van der Waals surface area contributed by atoms with Gasteiger partial charge in [-0.2, -0.15) is 0 Å². The molecule has 33 heavy (non-hydrogen) atoms. The van der Waals surface area contributed by atoms with Gasteiger partial charge in [0.25, 0.3) is 0 Å². The quantitative estimate of drug-likeness (QED) is 0.538. The lowest BCUT2D eigenvalue weighted by Gasteiger charge is -2.33. The van der Waals surface area contributed by atoms with Crippen LogP contribution in [0, 0.1) is 5.82 Å². The van der Waals surface area contributed by atoms with E-state index in [1.165, 1.54) is 17.0 Å². The normalized spacial score (nSPS) is 13.1. The average molecular weight is 478 g/mol. The summed E-state index contributed by atoms with van der Waals surface area (Å²) in [4.78, 5) is 27.9. The van der Waals surface area contributed by atoms with E-state index >= 15 is 0 Å². The van der Waals surface area contributed by atoms with Crippen molar-refractivity contribution in [2.75, 3.05) is 17.1 Å². The number of carbonyl (C=O) groups excluding carboxylic acids is 2. The Bertz CT molecular complexity index is 1030. The smallest absolute Gasteiger partial charge is 0.244 e. The van der Waals surface area contributed by atoms with Gasteiger partial charge < -0.3 is 10.2 Å². The van der Waals surface area contributed by atoms with Crippen LogP contribution in [-0.2, 0) is 26.2 Å². The van der Waals surface area contributed by atoms with E-state index in [1.54, 1.807) is 6.92 Å². The molecule has 0 spiro atoms. The maximum Gasteiger partial charge on any atom is 0.244 e. The molecular weight excluding hydrogens is 445 g/mol. The summed E-state index contributed by atoms with van der Waals surface area (Å²) < 4.78 is 39.2. The Morgan fingerprint density at radius 2 is 1.61 bits per heavy atom. The zero-order valence-electron chi connectivity index (χ0n) is 19.5. The van der Waals surface area contributed by atoms with E-state index in [0.717, 1.165) is 34.7 Å². The fourth-order valence-corrected chi connectivity index (χ4v) is 4.21. The number of anilines is 1. The predicted molar refractivity (Wildman–Crippen MR) is 128 cm³/mol. The number of hydrogen-bond acceptors (Lipinski definition) is 4. The Morgan fingerprint density at radius 3 is 2.12 bits per heavy atom. The van der Waals surface area contributed by atoms with Crippen molar-refractivity contribution in [3.05, 3.63) is 66.0 Å². The number of benzene rings is 2. The van der Waals surface area contributed by atoms with E-state index in [-0.39, 0.29) is 24.2 Å². The van der Waals surface area contributed by atoms with Gasteiger partial charge in [0, 0.05) is 12.6 Å². The summed E-state index contributed by atoms with van der Waals surface area (Å²) >= 11 is 0. The van der Waals surface area contributed by atoms with Crippen LogP contribution in [0.5, 0.6) is 0 Å². The molecule has 0 radical (unpaired) electrons. The highest BCUT2D eigenvalue weighted by molar-refractivity contribution is 7.92. The standard InChI is InChI=1S/C24H32FN3O4S/c1-5-18(3)26-24(30)22(6-2)27(16-19-10-8-7-9-11-19)23(29)17-28(33(4,31)32)21-14-12-20(25)13-15-21/h7-15,18,22H,5-6,16-17H2,1-4H3,(H,26,30)/t18-,22+/m1/s1. The number of amides is 2. The van der Waals surface area contributed by atoms with E-state index in [9.17, 15) is 22.4 Å². The largest absolute Gasteiger partial charge is 0.352 e. The van der Waals surface area contributed by atoms with Gasteiger partial charge in [0.2, 0.25) is 21.8 Å². The van der Waals surface area contributed by atoms with Crippen LogP contribution < -0.4 is 9.62 Å². The molecule has 0 saturated carbocycles. The Balaban J connectivity index is 2.39. The number of hydrogen-bond donors (Lipinski definition) is 1. The van der Waals surface area contributed by atoms with Crippen molar-refractivity contribution < 1.29 is 22.4 Å². The Hall–Kier alpha value is -2.94. The number of sulfonamides is 1. The Kier molecular flexibility index (Phi) is 9.40. The third kappa shape index (κ3) is 7.56. The monoisotopic (exact) mass is 477 g/mol. The highest BCUT2D eigenvalue weighted by Crippen LogP contribution is 2.20. The summed E-state index contributed by atoms with van der Waals surface area (Å²) in [6.45, 7) is 5.28.